The largest absolute Gasteiger partial charge is 0.508 e. The fourth-order valence-corrected chi connectivity index (χ4v) is 3.26. The summed E-state index contributed by atoms with van der Waals surface area (Å²) in [5.74, 6) is 0.510. The van der Waals surface area contributed by atoms with E-state index < -0.39 is 10.0 Å². The van der Waals surface area contributed by atoms with E-state index in [4.69, 9.17) is 0 Å². The fourth-order valence-electron chi connectivity index (χ4n) is 2.19. The highest BCUT2D eigenvalue weighted by Crippen LogP contribution is 2.26. The van der Waals surface area contributed by atoms with Gasteiger partial charge in [0, 0.05) is 11.9 Å². The van der Waals surface area contributed by atoms with Gasteiger partial charge >= 0.3 is 0 Å². The third kappa shape index (κ3) is 4.07. The van der Waals surface area contributed by atoms with Gasteiger partial charge in [0.25, 0.3) is 10.0 Å². The molecule has 0 unspecified atom stereocenters. The molecule has 0 aliphatic carbocycles. The van der Waals surface area contributed by atoms with E-state index in [0.29, 0.717) is 17.2 Å². The van der Waals surface area contributed by atoms with Crippen LogP contribution in [0.1, 0.15) is 5.56 Å². The van der Waals surface area contributed by atoms with E-state index in [1.165, 1.54) is 12.1 Å². The highest BCUT2D eigenvalue weighted by atomic mass is 32.2. The van der Waals surface area contributed by atoms with Gasteiger partial charge < -0.3 is 10.4 Å². The lowest BCUT2D eigenvalue weighted by atomic mass is 10.2. The Morgan fingerprint density at radius 1 is 0.960 bits per heavy atom. The Morgan fingerprint density at radius 3 is 2.32 bits per heavy atom. The molecule has 128 valence electrons. The SMILES string of the molecule is Cc1ccc(S(=O)(=O)Nc2cccnc2Nc2ccc(O)cc2)cc1. The maximum atomic E-state index is 12.6. The summed E-state index contributed by atoms with van der Waals surface area (Å²) in [6.45, 7) is 1.89. The van der Waals surface area contributed by atoms with Crippen LogP contribution in [0.4, 0.5) is 17.2 Å². The number of anilines is 3. The summed E-state index contributed by atoms with van der Waals surface area (Å²) < 4.78 is 27.7. The number of phenolic OH excluding ortho intramolecular Hbond substituents is 1. The Labute approximate surface area is 146 Å². The molecule has 0 bridgehead atoms. The number of pyridine rings is 1. The number of phenols is 1. The molecule has 3 N–H and O–H groups in total. The normalized spacial score (nSPS) is 11.1. The molecule has 0 saturated carbocycles. The van der Waals surface area contributed by atoms with Crippen molar-refractivity contribution in [1.82, 2.24) is 4.98 Å². The van der Waals surface area contributed by atoms with Crippen LogP contribution in [0.5, 0.6) is 5.75 Å². The molecule has 1 aromatic heterocycles. The van der Waals surface area contributed by atoms with Gasteiger partial charge in [0.2, 0.25) is 0 Å². The van der Waals surface area contributed by atoms with Crippen LogP contribution in [0.25, 0.3) is 0 Å². The number of hydrogen-bond acceptors (Lipinski definition) is 5. The summed E-state index contributed by atoms with van der Waals surface area (Å²) in [5.41, 5.74) is 1.98. The van der Waals surface area contributed by atoms with Crippen molar-refractivity contribution in [3.05, 3.63) is 72.4 Å². The zero-order chi connectivity index (χ0) is 17.9. The molecule has 25 heavy (non-hydrogen) atoms. The third-order valence-corrected chi connectivity index (χ3v) is 4.89. The molecule has 0 spiro atoms. The van der Waals surface area contributed by atoms with Crippen LogP contribution >= 0.6 is 0 Å². The molecule has 3 aromatic rings. The monoisotopic (exact) mass is 355 g/mol. The lowest BCUT2D eigenvalue weighted by Crippen LogP contribution is -2.14. The molecule has 6 nitrogen and oxygen atoms in total. The topological polar surface area (TPSA) is 91.3 Å². The molecule has 0 amide bonds. The molecular weight excluding hydrogens is 338 g/mol. The quantitative estimate of drug-likeness (QED) is 0.608. The molecule has 1 heterocycles. The number of nitrogens with one attached hydrogen (secondary N) is 2. The Balaban J connectivity index is 1.87. The minimum absolute atomic E-state index is 0.145. The van der Waals surface area contributed by atoms with Crippen LogP contribution in [0.15, 0.2) is 71.8 Å². The molecule has 0 aliphatic rings. The van der Waals surface area contributed by atoms with Gasteiger partial charge in [0.05, 0.1) is 10.6 Å². The van der Waals surface area contributed by atoms with Gasteiger partial charge in [-0.05, 0) is 55.5 Å². The third-order valence-electron chi connectivity index (χ3n) is 3.51. The first-order valence-corrected chi connectivity index (χ1v) is 9.03. The van der Waals surface area contributed by atoms with Gasteiger partial charge in [-0.15, -0.1) is 0 Å². The van der Waals surface area contributed by atoms with Crippen molar-refractivity contribution in [2.45, 2.75) is 11.8 Å². The predicted molar refractivity (Wildman–Crippen MR) is 97.6 cm³/mol. The number of benzene rings is 2. The van der Waals surface area contributed by atoms with Crippen LogP contribution in [0, 0.1) is 6.92 Å². The summed E-state index contributed by atoms with van der Waals surface area (Å²) in [7, 11) is -3.72. The summed E-state index contributed by atoms with van der Waals surface area (Å²) >= 11 is 0. The molecular formula is C18H17N3O3S. The van der Waals surface area contributed by atoms with E-state index in [1.54, 1.807) is 54.7 Å². The van der Waals surface area contributed by atoms with Gasteiger partial charge in [-0.1, -0.05) is 17.7 Å². The standard InChI is InChI=1S/C18H17N3O3S/c1-13-4-10-16(11-5-13)25(23,24)21-17-3-2-12-19-18(17)20-14-6-8-15(22)9-7-14/h2-12,21-22H,1H3,(H,19,20). The lowest BCUT2D eigenvalue weighted by molar-refractivity contribution is 0.475. The van der Waals surface area contributed by atoms with Crippen LogP contribution in [0.3, 0.4) is 0 Å². The van der Waals surface area contributed by atoms with Crippen LogP contribution in [0.2, 0.25) is 0 Å². The number of aromatic hydroxyl groups is 1. The molecule has 0 radical (unpaired) electrons. The summed E-state index contributed by atoms with van der Waals surface area (Å²) in [4.78, 5) is 4.37. The molecule has 2 aromatic carbocycles. The van der Waals surface area contributed by atoms with E-state index in [2.05, 4.69) is 15.0 Å². The molecule has 3 rings (SSSR count). The Kier molecular flexibility index (Phi) is 4.58. The van der Waals surface area contributed by atoms with E-state index in [1.807, 2.05) is 6.92 Å². The first-order valence-electron chi connectivity index (χ1n) is 7.55. The molecule has 7 heteroatoms. The van der Waals surface area contributed by atoms with Crippen LogP contribution in [-0.4, -0.2) is 18.5 Å². The zero-order valence-corrected chi connectivity index (χ0v) is 14.3. The minimum Gasteiger partial charge on any atom is -0.508 e. The van der Waals surface area contributed by atoms with E-state index >= 15 is 0 Å². The van der Waals surface area contributed by atoms with E-state index in [-0.39, 0.29) is 10.6 Å². The molecule has 0 fully saturated rings. The number of nitrogens with zero attached hydrogens (tertiary/aromatic N) is 1. The first-order chi connectivity index (χ1) is 11.9. The van der Waals surface area contributed by atoms with Crippen molar-refractivity contribution in [2.24, 2.45) is 0 Å². The summed E-state index contributed by atoms with van der Waals surface area (Å²) in [6, 6.07) is 16.3. The second-order valence-electron chi connectivity index (χ2n) is 5.49. The maximum absolute atomic E-state index is 12.6. The van der Waals surface area contributed by atoms with Gasteiger partial charge in [-0.3, -0.25) is 4.72 Å². The Morgan fingerprint density at radius 2 is 1.64 bits per heavy atom. The zero-order valence-electron chi connectivity index (χ0n) is 13.5. The van der Waals surface area contributed by atoms with Gasteiger partial charge in [-0.25, -0.2) is 13.4 Å². The maximum Gasteiger partial charge on any atom is 0.262 e. The van der Waals surface area contributed by atoms with Crippen LogP contribution in [-0.2, 0) is 10.0 Å². The number of aryl methyl sites for hydroxylation is 1. The fraction of sp³-hybridized carbons (Fsp3) is 0.0556. The minimum atomic E-state index is -3.72. The van der Waals surface area contributed by atoms with Crippen LogP contribution < -0.4 is 10.0 Å². The molecule has 0 atom stereocenters. The van der Waals surface area contributed by atoms with Gasteiger partial charge in [0.1, 0.15) is 5.75 Å². The van der Waals surface area contributed by atoms with Crippen molar-refractivity contribution < 1.29 is 13.5 Å². The highest BCUT2D eigenvalue weighted by molar-refractivity contribution is 7.92. The molecule has 0 saturated heterocycles. The van der Waals surface area contributed by atoms with E-state index in [9.17, 15) is 13.5 Å². The average molecular weight is 355 g/mol. The van der Waals surface area contributed by atoms with Crippen molar-refractivity contribution in [1.29, 1.82) is 0 Å². The van der Waals surface area contributed by atoms with Crippen molar-refractivity contribution in [3.8, 4) is 5.75 Å². The number of sulfonamides is 1. The summed E-state index contributed by atoms with van der Waals surface area (Å²) in [6.07, 6.45) is 1.56. The van der Waals surface area contributed by atoms with Crippen molar-refractivity contribution >= 4 is 27.2 Å². The predicted octanol–water partition coefficient (Wildman–Crippen LogP) is 3.64. The number of aromatic nitrogens is 1. The summed E-state index contributed by atoms with van der Waals surface area (Å²) in [5, 5.41) is 12.4. The second kappa shape index (κ2) is 6.82. The second-order valence-corrected chi connectivity index (χ2v) is 7.17. The van der Waals surface area contributed by atoms with E-state index in [0.717, 1.165) is 5.56 Å². The Bertz CT molecular complexity index is 969. The first kappa shape index (κ1) is 16.8. The lowest BCUT2D eigenvalue weighted by Gasteiger charge is -2.13. The Hall–Kier alpha value is -3.06. The highest BCUT2D eigenvalue weighted by Gasteiger charge is 2.16. The van der Waals surface area contributed by atoms with Gasteiger partial charge in [0.15, 0.2) is 5.82 Å². The smallest absolute Gasteiger partial charge is 0.262 e. The average Bonchev–Trinajstić information content (AvgIpc) is 2.59. The van der Waals surface area contributed by atoms with Crippen molar-refractivity contribution in [3.63, 3.8) is 0 Å². The molecule has 0 aliphatic heterocycles. The van der Waals surface area contributed by atoms with Gasteiger partial charge in [-0.2, -0.15) is 0 Å². The number of hydrogen-bond donors (Lipinski definition) is 3. The van der Waals surface area contributed by atoms with Crippen molar-refractivity contribution in [2.75, 3.05) is 10.0 Å². The number of rotatable bonds is 5.